The number of nitro groups is 2. The third-order valence-corrected chi connectivity index (χ3v) is 7.09. The fourth-order valence-electron chi connectivity index (χ4n) is 5.71. The molecule has 36 heavy (non-hydrogen) atoms. The summed E-state index contributed by atoms with van der Waals surface area (Å²) in [5.41, 5.74) is 0.377. The predicted molar refractivity (Wildman–Crippen MR) is 112 cm³/mol. The number of hydrazine groups is 1. The van der Waals surface area contributed by atoms with Crippen LogP contribution in [-0.2, 0) is 28.7 Å². The number of hydrogen-bond donors (Lipinski definition) is 0. The molecule has 0 bridgehead atoms. The van der Waals surface area contributed by atoms with E-state index in [1.165, 1.54) is 58.5 Å². The van der Waals surface area contributed by atoms with E-state index >= 15 is 0 Å². The first-order chi connectivity index (χ1) is 17.2. The average molecular weight is 494 g/mol. The molecule has 4 saturated heterocycles. The van der Waals surface area contributed by atoms with E-state index in [1.807, 2.05) is 0 Å². The Morgan fingerprint density at radius 1 is 0.556 bits per heavy atom. The summed E-state index contributed by atoms with van der Waals surface area (Å²) in [5, 5.41) is 25.1. The molecule has 0 spiro atoms. The highest BCUT2D eigenvalue weighted by Gasteiger charge is 2.73. The van der Waals surface area contributed by atoms with Gasteiger partial charge in [0, 0.05) is 24.3 Å². The summed E-state index contributed by atoms with van der Waals surface area (Å²) in [7, 11) is 0. The maximum Gasteiger partial charge on any atom is 0.333 e. The zero-order valence-electron chi connectivity index (χ0n) is 18.0. The van der Waals surface area contributed by atoms with Crippen LogP contribution < -0.4 is 0 Å². The van der Waals surface area contributed by atoms with Crippen molar-refractivity contribution in [1.82, 2.24) is 10.0 Å². The molecule has 4 aliphatic rings. The number of non-ortho nitro benzene ring substituents is 2. The monoisotopic (exact) mass is 494 g/mol. The van der Waals surface area contributed by atoms with E-state index in [0.29, 0.717) is 11.1 Å². The molecule has 0 saturated carbocycles. The summed E-state index contributed by atoms with van der Waals surface area (Å²) in [6.07, 6.45) is 0. The summed E-state index contributed by atoms with van der Waals surface area (Å²) >= 11 is 0. The SMILES string of the molecule is O=C1OC(=O)[C@H]2[C@H]1[C@H](c1ccc([N+](=O)[O-])cc1)N1[C@@H]3C(=O)OC(=O)[C@@H]3[C@H](c3ccc([N+](=O)[O-])cc3)N21. The Morgan fingerprint density at radius 3 is 1.19 bits per heavy atom. The molecule has 0 amide bonds. The van der Waals surface area contributed by atoms with Crippen molar-refractivity contribution in [3.63, 3.8) is 0 Å². The third kappa shape index (κ3) is 2.85. The fourth-order valence-corrected chi connectivity index (χ4v) is 5.71. The Kier molecular flexibility index (Phi) is 4.55. The van der Waals surface area contributed by atoms with E-state index < -0.39 is 69.7 Å². The van der Waals surface area contributed by atoms with Gasteiger partial charge in [0.1, 0.15) is 23.9 Å². The average Bonchev–Trinajstić information content (AvgIpc) is 3.52. The number of esters is 4. The smallest absolute Gasteiger partial charge is 0.333 e. The van der Waals surface area contributed by atoms with Gasteiger partial charge in [-0.05, 0) is 11.1 Å². The Hall–Kier alpha value is -4.56. The largest absolute Gasteiger partial charge is 0.392 e. The van der Waals surface area contributed by atoms with Gasteiger partial charge >= 0.3 is 23.9 Å². The van der Waals surface area contributed by atoms with Gasteiger partial charge in [0.2, 0.25) is 0 Å². The van der Waals surface area contributed by atoms with Crippen LogP contribution in [0.4, 0.5) is 11.4 Å². The Balaban J connectivity index is 1.52. The van der Waals surface area contributed by atoms with E-state index in [0.717, 1.165) is 0 Å². The number of nitrogens with zero attached hydrogens (tertiary/aromatic N) is 4. The number of nitro benzene ring substituents is 2. The molecule has 14 nitrogen and oxygen atoms in total. The summed E-state index contributed by atoms with van der Waals surface area (Å²) in [6.45, 7) is 0. The molecule has 0 N–H and O–H groups in total. The highest BCUT2D eigenvalue weighted by molar-refractivity contribution is 6.02. The molecule has 6 atom stereocenters. The van der Waals surface area contributed by atoms with Crippen molar-refractivity contribution in [1.29, 1.82) is 0 Å². The molecule has 4 aliphatic heterocycles. The topological polar surface area (TPSA) is 180 Å². The first kappa shape index (κ1) is 21.9. The van der Waals surface area contributed by atoms with Gasteiger partial charge in [-0.15, -0.1) is 0 Å². The number of rotatable bonds is 4. The molecule has 0 aliphatic carbocycles. The molecule has 4 heterocycles. The fraction of sp³-hybridized carbons (Fsp3) is 0.273. The van der Waals surface area contributed by atoms with Gasteiger partial charge in [-0.1, -0.05) is 24.3 Å². The highest BCUT2D eigenvalue weighted by Crippen LogP contribution is 2.58. The minimum Gasteiger partial charge on any atom is -0.392 e. The van der Waals surface area contributed by atoms with E-state index in [2.05, 4.69) is 0 Å². The zero-order chi connectivity index (χ0) is 25.5. The number of carbonyl (C=O) groups excluding carboxylic acids is 4. The lowest BCUT2D eigenvalue weighted by molar-refractivity contribution is -0.385. The van der Waals surface area contributed by atoms with Crippen molar-refractivity contribution in [3.05, 3.63) is 79.9 Å². The Bertz CT molecular complexity index is 1270. The van der Waals surface area contributed by atoms with Crippen molar-refractivity contribution in [2.24, 2.45) is 11.8 Å². The summed E-state index contributed by atoms with van der Waals surface area (Å²) in [6, 6.07) is 6.25. The Morgan fingerprint density at radius 2 is 0.889 bits per heavy atom. The van der Waals surface area contributed by atoms with Crippen LogP contribution >= 0.6 is 0 Å². The lowest BCUT2D eigenvalue weighted by Gasteiger charge is -2.33. The van der Waals surface area contributed by atoms with E-state index in [1.54, 1.807) is 0 Å². The number of benzene rings is 2. The minimum atomic E-state index is -1.19. The molecule has 0 unspecified atom stereocenters. The van der Waals surface area contributed by atoms with Crippen LogP contribution in [0, 0.1) is 32.1 Å². The maximum atomic E-state index is 12.8. The van der Waals surface area contributed by atoms with Crippen molar-refractivity contribution < 1.29 is 38.5 Å². The minimum absolute atomic E-state index is 0.200. The first-order valence-corrected chi connectivity index (χ1v) is 10.8. The first-order valence-electron chi connectivity index (χ1n) is 10.8. The van der Waals surface area contributed by atoms with Gasteiger partial charge in [-0.25, -0.2) is 19.6 Å². The summed E-state index contributed by atoms with van der Waals surface area (Å²) in [5.74, 6) is -5.59. The van der Waals surface area contributed by atoms with Crippen molar-refractivity contribution in [2.45, 2.75) is 24.2 Å². The van der Waals surface area contributed by atoms with Crippen LogP contribution in [0.5, 0.6) is 0 Å². The molecule has 0 radical (unpaired) electrons. The Labute approximate surface area is 200 Å². The van der Waals surface area contributed by atoms with Crippen LogP contribution in [-0.4, -0.2) is 55.8 Å². The second-order valence-corrected chi connectivity index (χ2v) is 8.77. The lowest BCUT2D eigenvalue weighted by atomic mass is 9.84. The summed E-state index contributed by atoms with van der Waals surface area (Å²) < 4.78 is 9.83. The van der Waals surface area contributed by atoms with Crippen molar-refractivity contribution in [2.75, 3.05) is 0 Å². The molecular weight excluding hydrogens is 480 g/mol. The number of carbonyl (C=O) groups is 4. The second-order valence-electron chi connectivity index (χ2n) is 8.77. The van der Waals surface area contributed by atoms with Crippen molar-refractivity contribution in [3.8, 4) is 0 Å². The molecule has 182 valence electrons. The molecule has 2 aromatic rings. The predicted octanol–water partition coefficient (Wildman–Crippen LogP) is 0.968. The highest BCUT2D eigenvalue weighted by atomic mass is 16.6. The van der Waals surface area contributed by atoms with Crippen LogP contribution in [0.15, 0.2) is 48.5 Å². The van der Waals surface area contributed by atoms with Crippen molar-refractivity contribution >= 4 is 35.3 Å². The standard InChI is InChI=1S/C22H14N4O10/c27-19-13-15(9-1-5-11(6-2-9)25(31)32)23-18-14(20(28)36-22(18)30)16(24(23)17(13)21(29)35-19)10-3-7-12(8-4-10)26(33)34/h1-8,13-18H/t13-,14-,15+,16+,17-,18+/m1/s1. The molecule has 0 aromatic heterocycles. The normalized spacial score (nSPS) is 31.1. The number of fused-ring (bicyclic) bond motifs is 5. The van der Waals surface area contributed by atoms with E-state index in [4.69, 9.17) is 9.47 Å². The molecule has 14 heteroatoms. The molecular formula is C22H14N4O10. The zero-order valence-corrected chi connectivity index (χ0v) is 18.0. The number of hydrogen-bond acceptors (Lipinski definition) is 12. The van der Waals surface area contributed by atoms with Crippen LogP contribution in [0.1, 0.15) is 23.2 Å². The van der Waals surface area contributed by atoms with Crippen LogP contribution in [0.2, 0.25) is 0 Å². The van der Waals surface area contributed by atoms with Crippen LogP contribution in [0.3, 0.4) is 0 Å². The summed E-state index contributed by atoms with van der Waals surface area (Å²) in [4.78, 5) is 72.3. The molecule has 2 aromatic carbocycles. The van der Waals surface area contributed by atoms with Gasteiger partial charge in [0.15, 0.2) is 0 Å². The molecule has 4 fully saturated rings. The van der Waals surface area contributed by atoms with Gasteiger partial charge < -0.3 is 9.47 Å². The molecule has 6 rings (SSSR count). The van der Waals surface area contributed by atoms with Crippen LogP contribution in [0.25, 0.3) is 0 Å². The van der Waals surface area contributed by atoms with E-state index in [9.17, 15) is 39.4 Å². The van der Waals surface area contributed by atoms with E-state index in [-0.39, 0.29) is 11.4 Å². The number of cyclic esters (lactones) is 4. The second kappa shape index (κ2) is 7.47. The van der Waals surface area contributed by atoms with Gasteiger partial charge in [0.25, 0.3) is 11.4 Å². The lowest BCUT2D eigenvalue weighted by Crippen LogP contribution is -2.45. The maximum absolute atomic E-state index is 12.8. The quantitative estimate of drug-likeness (QED) is 0.255. The number of ether oxygens (including phenoxy) is 2. The van der Waals surface area contributed by atoms with Gasteiger partial charge in [-0.2, -0.15) is 0 Å². The van der Waals surface area contributed by atoms with Gasteiger partial charge in [-0.3, -0.25) is 29.8 Å². The third-order valence-electron chi connectivity index (χ3n) is 7.09. The van der Waals surface area contributed by atoms with Gasteiger partial charge in [0.05, 0.1) is 21.9 Å².